The van der Waals surface area contributed by atoms with Crippen LogP contribution in [0.5, 0.6) is 0 Å². The third-order valence-electron chi connectivity index (χ3n) is 5.79. The van der Waals surface area contributed by atoms with Gasteiger partial charge in [-0.15, -0.1) is 0 Å². The Morgan fingerprint density at radius 3 is 2.46 bits per heavy atom. The third-order valence-corrected chi connectivity index (χ3v) is 6.81. The molecular weight excluding hydrogens is 518 g/mol. The number of esters is 2. The molecule has 1 atom stereocenters. The number of hydrogen-bond donors (Lipinski definition) is 2. The van der Waals surface area contributed by atoms with Gasteiger partial charge in [0.05, 0.1) is 70.8 Å². The molecule has 2 aromatic carbocycles. The summed E-state index contributed by atoms with van der Waals surface area (Å²) in [6.07, 6.45) is 1.47. The Kier molecular flexibility index (Phi) is 8.86. The molecule has 2 N–H and O–H groups in total. The average Bonchev–Trinajstić information content (AvgIpc) is 3.50. The Hall–Kier alpha value is -4.75. The number of carbonyl (C=O) groups is 3. The maximum absolute atomic E-state index is 13.2. The minimum atomic E-state index is -0.855. The molecular formula is C29H25N3O6S. The topological polar surface area (TPSA) is 131 Å². The van der Waals surface area contributed by atoms with Gasteiger partial charge in [0.15, 0.2) is 0 Å². The molecule has 39 heavy (non-hydrogen) atoms. The number of methoxy groups -OCH3 is 1. The lowest BCUT2D eigenvalue weighted by Gasteiger charge is -2.29. The van der Waals surface area contributed by atoms with Gasteiger partial charge in [-0.3, -0.25) is 4.79 Å². The molecule has 1 amide bonds. The van der Waals surface area contributed by atoms with Crippen LogP contribution < -0.4 is 10.6 Å². The molecule has 198 valence electrons. The number of para-hydroxylation sites is 1. The molecule has 1 aliphatic rings. The fourth-order valence-corrected chi connectivity index (χ4v) is 4.94. The number of dihydropyridines is 1. The van der Waals surface area contributed by atoms with Gasteiger partial charge >= 0.3 is 11.9 Å². The number of furan rings is 1. The quantitative estimate of drug-likeness (QED) is 0.364. The number of carbonyl (C=O) groups excluding carboxylic acids is 3. The van der Waals surface area contributed by atoms with E-state index in [1.165, 1.54) is 13.4 Å². The number of nitriles is 1. The van der Waals surface area contributed by atoms with Crippen molar-refractivity contribution in [2.24, 2.45) is 0 Å². The first-order valence-electron chi connectivity index (χ1n) is 12.0. The zero-order valence-corrected chi connectivity index (χ0v) is 22.0. The van der Waals surface area contributed by atoms with Crippen LogP contribution in [-0.2, 0) is 19.1 Å². The Bertz CT molecular complexity index is 1470. The third kappa shape index (κ3) is 6.05. The second-order valence-corrected chi connectivity index (χ2v) is 9.16. The van der Waals surface area contributed by atoms with E-state index in [0.29, 0.717) is 27.7 Å². The highest BCUT2D eigenvalue weighted by molar-refractivity contribution is 8.03. The summed E-state index contributed by atoms with van der Waals surface area (Å²) in [5, 5.41) is 16.5. The van der Waals surface area contributed by atoms with Crippen molar-refractivity contribution in [1.29, 1.82) is 5.26 Å². The van der Waals surface area contributed by atoms with Crippen molar-refractivity contribution in [2.75, 3.05) is 24.8 Å². The average molecular weight is 544 g/mol. The summed E-state index contributed by atoms with van der Waals surface area (Å²) in [5.74, 6) is -2.12. The van der Waals surface area contributed by atoms with Crippen molar-refractivity contribution in [3.05, 3.63) is 106 Å². The van der Waals surface area contributed by atoms with E-state index in [-0.39, 0.29) is 29.1 Å². The molecule has 0 fully saturated rings. The number of nitrogens with one attached hydrogen (secondary N) is 2. The van der Waals surface area contributed by atoms with Gasteiger partial charge in [-0.2, -0.15) is 5.26 Å². The van der Waals surface area contributed by atoms with Crippen LogP contribution in [0, 0.1) is 11.3 Å². The summed E-state index contributed by atoms with van der Waals surface area (Å²) in [4.78, 5) is 38.2. The lowest BCUT2D eigenvalue weighted by atomic mass is 9.84. The summed E-state index contributed by atoms with van der Waals surface area (Å²) >= 11 is 1.09. The molecule has 2 heterocycles. The van der Waals surface area contributed by atoms with E-state index in [1.54, 1.807) is 43.3 Å². The van der Waals surface area contributed by atoms with Crippen LogP contribution in [-0.4, -0.2) is 37.3 Å². The van der Waals surface area contributed by atoms with Crippen LogP contribution in [0.1, 0.15) is 34.5 Å². The molecule has 10 heteroatoms. The maximum atomic E-state index is 13.2. The largest absolute Gasteiger partial charge is 0.468 e. The molecule has 0 aliphatic carbocycles. The van der Waals surface area contributed by atoms with Crippen molar-refractivity contribution in [3.8, 4) is 6.07 Å². The molecule has 0 saturated carbocycles. The van der Waals surface area contributed by atoms with Gasteiger partial charge in [-0.25, -0.2) is 9.59 Å². The fourth-order valence-electron chi connectivity index (χ4n) is 4.10. The van der Waals surface area contributed by atoms with E-state index in [2.05, 4.69) is 16.7 Å². The molecule has 0 bridgehead atoms. The molecule has 1 aromatic heterocycles. The van der Waals surface area contributed by atoms with Crippen molar-refractivity contribution in [2.45, 2.75) is 12.8 Å². The van der Waals surface area contributed by atoms with Gasteiger partial charge in [-0.1, -0.05) is 54.2 Å². The van der Waals surface area contributed by atoms with E-state index >= 15 is 0 Å². The number of anilines is 1. The normalized spacial score (nSPS) is 14.7. The van der Waals surface area contributed by atoms with Crippen LogP contribution in [0.25, 0.3) is 5.70 Å². The van der Waals surface area contributed by atoms with Crippen molar-refractivity contribution < 1.29 is 28.3 Å². The van der Waals surface area contributed by atoms with Crippen molar-refractivity contribution >= 4 is 41.0 Å². The van der Waals surface area contributed by atoms with Crippen LogP contribution in [0.3, 0.4) is 0 Å². The highest BCUT2D eigenvalue weighted by atomic mass is 32.2. The van der Waals surface area contributed by atoms with Gasteiger partial charge in [-0.05, 0) is 36.8 Å². The predicted octanol–water partition coefficient (Wildman–Crippen LogP) is 4.83. The van der Waals surface area contributed by atoms with Crippen LogP contribution in [0.4, 0.5) is 5.69 Å². The summed E-state index contributed by atoms with van der Waals surface area (Å²) in [5.41, 5.74) is 2.12. The molecule has 9 nitrogen and oxygen atoms in total. The molecule has 0 spiro atoms. The van der Waals surface area contributed by atoms with E-state index in [4.69, 9.17) is 13.9 Å². The highest BCUT2D eigenvalue weighted by Crippen LogP contribution is 2.43. The number of amides is 1. The lowest BCUT2D eigenvalue weighted by molar-refractivity contribution is -0.138. The van der Waals surface area contributed by atoms with Gasteiger partial charge in [0.25, 0.3) is 0 Å². The van der Waals surface area contributed by atoms with Crippen LogP contribution in [0.15, 0.2) is 93.6 Å². The summed E-state index contributed by atoms with van der Waals surface area (Å²) in [6.45, 7) is 1.85. The first-order valence-corrected chi connectivity index (χ1v) is 13.0. The smallest absolute Gasteiger partial charge is 0.339 e. The fraction of sp³-hybridized carbons (Fsp3) is 0.172. The predicted molar refractivity (Wildman–Crippen MR) is 146 cm³/mol. The van der Waals surface area contributed by atoms with Gasteiger partial charge in [0.2, 0.25) is 5.91 Å². The van der Waals surface area contributed by atoms with Crippen LogP contribution >= 0.6 is 11.8 Å². The first-order chi connectivity index (χ1) is 19.0. The Morgan fingerprint density at radius 1 is 1.05 bits per heavy atom. The molecule has 1 aliphatic heterocycles. The zero-order chi connectivity index (χ0) is 27.8. The number of hydrogen-bond acceptors (Lipinski definition) is 9. The molecule has 0 saturated heterocycles. The zero-order valence-electron chi connectivity index (χ0n) is 21.2. The minimum absolute atomic E-state index is 0.0926. The highest BCUT2D eigenvalue weighted by Gasteiger charge is 2.39. The summed E-state index contributed by atoms with van der Waals surface area (Å²) in [7, 11) is 1.26. The van der Waals surface area contributed by atoms with Crippen LogP contribution in [0.2, 0.25) is 0 Å². The Morgan fingerprint density at radius 2 is 1.79 bits per heavy atom. The Labute approximate surface area is 229 Å². The standard InChI is InChI=1S/C29H25N3O6S/c1-3-37-29(35)25-24(22-14-9-15-38-22)20(16-30)27(32-26(25)18-10-5-4-6-11-18)39-17-23(33)31-21-13-8-7-12-19(21)28(34)36-2/h4-15,24,32H,3,17H2,1-2H3,(H,31,33)/t24-/m1/s1. The number of nitrogens with zero attached hydrogens (tertiary/aromatic N) is 1. The first kappa shape index (κ1) is 27.3. The Balaban J connectivity index is 1.69. The molecule has 0 radical (unpaired) electrons. The minimum Gasteiger partial charge on any atom is -0.468 e. The van der Waals surface area contributed by atoms with E-state index in [9.17, 15) is 19.6 Å². The van der Waals surface area contributed by atoms with Gasteiger partial charge < -0.3 is 24.5 Å². The van der Waals surface area contributed by atoms with Gasteiger partial charge in [0, 0.05) is 0 Å². The number of allylic oxidation sites excluding steroid dienone is 1. The maximum Gasteiger partial charge on any atom is 0.339 e. The monoisotopic (exact) mass is 543 g/mol. The second kappa shape index (κ2) is 12.7. The van der Waals surface area contributed by atoms with Crippen molar-refractivity contribution in [1.82, 2.24) is 5.32 Å². The molecule has 4 rings (SSSR count). The van der Waals surface area contributed by atoms with Gasteiger partial charge in [0.1, 0.15) is 5.76 Å². The number of benzene rings is 2. The van der Waals surface area contributed by atoms with E-state index in [0.717, 1.165) is 11.8 Å². The lowest BCUT2D eigenvalue weighted by Crippen LogP contribution is -2.29. The molecule has 0 unspecified atom stereocenters. The summed E-state index contributed by atoms with van der Waals surface area (Å²) in [6, 6.07) is 21.2. The second-order valence-electron chi connectivity index (χ2n) is 8.18. The SMILES string of the molecule is CCOC(=O)C1=C(c2ccccc2)NC(SCC(=O)Nc2ccccc2C(=O)OC)=C(C#N)[C@@H]1c1ccco1. The number of thioether (sulfide) groups is 1. The molecule has 3 aromatic rings. The number of ether oxygens (including phenoxy) is 2. The van der Waals surface area contributed by atoms with E-state index in [1.807, 2.05) is 30.3 Å². The van der Waals surface area contributed by atoms with E-state index < -0.39 is 23.8 Å². The van der Waals surface area contributed by atoms with Crippen molar-refractivity contribution in [3.63, 3.8) is 0 Å². The number of rotatable bonds is 9. The summed E-state index contributed by atoms with van der Waals surface area (Å²) < 4.78 is 15.8.